The van der Waals surface area contributed by atoms with E-state index >= 15 is 0 Å². The number of hydrogen-bond acceptors (Lipinski definition) is 3. The number of thioether (sulfide) groups is 1. The van der Waals surface area contributed by atoms with E-state index in [4.69, 9.17) is 0 Å². The number of nitrogens with one attached hydrogen (secondary N) is 1. The van der Waals surface area contributed by atoms with Gasteiger partial charge in [-0.1, -0.05) is 44.2 Å². The maximum Gasteiger partial charge on any atom is 0.0440 e. The van der Waals surface area contributed by atoms with Gasteiger partial charge in [-0.15, -0.1) is 0 Å². The Balaban J connectivity index is 2.72. The minimum atomic E-state index is 0.424. The van der Waals surface area contributed by atoms with E-state index in [1.807, 2.05) is 0 Å². The Kier molecular flexibility index (Phi) is 7.51. The Morgan fingerprint density at radius 1 is 1.16 bits per heavy atom. The van der Waals surface area contributed by atoms with Crippen molar-refractivity contribution in [2.75, 3.05) is 33.4 Å². The molecular weight excluding hydrogens is 252 g/mol. The van der Waals surface area contributed by atoms with Gasteiger partial charge in [-0.25, -0.2) is 0 Å². The summed E-state index contributed by atoms with van der Waals surface area (Å²) >= 11 is 2.08. The summed E-state index contributed by atoms with van der Waals surface area (Å²) < 4.78 is 0. The van der Waals surface area contributed by atoms with Crippen molar-refractivity contribution in [3.05, 3.63) is 35.9 Å². The molecule has 0 fully saturated rings. The first-order valence-corrected chi connectivity index (χ1v) is 8.09. The van der Waals surface area contributed by atoms with E-state index in [1.54, 1.807) is 0 Å². The Bertz CT molecular complexity index is 338. The molecule has 0 aromatic heterocycles. The third-order valence-corrected chi connectivity index (χ3v) is 4.92. The molecule has 1 aromatic rings. The van der Waals surface area contributed by atoms with Crippen molar-refractivity contribution < 1.29 is 0 Å². The molecule has 0 saturated heterocycles. The van der Waals surface area contributed by atoms with E-state index in [0.29, 0.717) is 17.2 Å². The van der Waals surface area contributed by atoms with Crippen molar-refractivity contribution in [1.82, 2.24) is 10.2 Å². The van der Waals surface area contributed by atoms with Crippen molar-refractivity contribution >= 4 is 11.8 Å². The fraction of sp³-hybridized carbons (Fsp3) is 0.625. The molecule has 1 aromatic carbocycles. The molecule has 3 heteroatoms. The largest absolute Gasteiger partial charge is 0.312 e. The lowest BCUT2D eigenvalue weighted by molar-refractivity contribution is 0.434. The lowest BCUT2D eigenvalue weighted by atomic mass is 9.96. The van der Waals surface area contributed by atoms with Gasteiger partial charge in [-0.05, 0) is 32.6 Å². The lowest BCUT2D eigenvalue weighted by Gasteiger charge is -2.30. The molecule has 0 spiro atoms. The van der Waals surface area contributed by atoms with Crippen LogP contribution in [0.1, 0.15) is 25.5 Å². The molecule has 2 unspecified atom stereocenters. The molecule has 2 atom stereocenters. The van der Waals surface area contributed by atoms with Gasteiger partial charge in [0, 0.05) is 23.6 Å². The van der Waals surface area contributed by atoms with E-state index < -0.39 is 0 Å². The van der Waals surface area contributed by atoms with Crippen molar-refractivity contribution in [2.45, 2.75) is 25.1 Å². The summed E-state index contributed by atoms with van der Waals surface area (Å²) in [4.78, 5) is 2.25. The molecule has 0 heterocycles. The van der Waals surface area contributed by atoms with Gasteiger partial charge in [0.05, 0.1) is 0 Å². The van der Waals surface area contributed by atoms with E-state index in [1.165, 1.54) is 11.3 Å². The third kappa shape index (κ3) is 5.55. The molecule has 0 bridgehead atoms. The van der Waals surface area contributed by atoms with Crippen LogP contribution in [0.25, 0.3) is 0 Å². The van der Waals surface area contributed by atoms with Gasteiger partial charge in [-0.2, -0.15) is 11.8 Å². The second-order valence-electron chi connectivity index (χ2n) is 5.56. The van der Waals surface area contributed by atoms with Crippen LogP contribution in [0.3, 0.4) is 0 Å². The van der Waals surface area contributed by atoms with Crippen LogP contribution in [0.2, 0.25) is 0 Å². The molecule has 1 N–H and O–H groups in total. The van der Waals surface area contributed by atoms with Crippen LogP contribution < -0.4 is 5.32 Å². The highest BCUT2D eigenvalue weighted by Crippen LogP contribution is 2.31. The standard InChI is InChI=1S/C16H28N2S/c1-13(2)16(19-12-11-18(4)5)15(17-3)14-9-7-6-8-10-14/h6-10,13,15-17H,11-12H2,1-5H3. The van der Waals surface area contributed by atoms with Gasteiger partial charge >= 0.3 is 0 Å². The minimum absolute atomic E-state index is 0.424. The zero-order valence-corrected chi connectivity index (χ0v) is 13.7. The summed E-state index contributed by atoms with van der Waals surface area (Å²) in [5, 5.41) is 4.11. The summed E-state index contributed by atoms with van der Waals surface area (Å²) in [6.07, 6.45) is 0. The maximum atomic E-state index is 3.50. The normalized spacial score (nSPS) is 14.9. The topological polar surface area (TPSA) is 15.3 Å². The summed E-state index contributed by atoms with van der Waals surface area (Å²) in [5.41, 5.74) is 1.39. The summed E-state index contributed by atoms with van der Waals surface area (Å²) in [5.74, 6) is 1.84. The number of nitrogens with zero attached hydrogens (tertiary/aromatic N) is 1. The molecular formula is C16H28N2S. The maximum absolute atomic E-state index is 3.50. The second kappa shape index (κ2) is 8.62. The number of rotatable bonds is 8. The first-order valence-electron chi connectivity index (χ1n) is 7.04. The number of hydrogen-bond donors (Lipinski definition) is 1. The molecule has 1 rings (SSSR count). The van der Waals surface area contributed by atoms with Crippen LogP contribution >= 0.6 is 11.8 Å². The zero-order chi connectivity index (χ0) is 14.3. The van der Waals surface area contributed by atoms with Crippen LogP contribution in [0.15, 0.2) is 30.3 Å². The van der Waals surface area contributed by atoms with E-state index in [0.717, 1.165) is 6.54 Å². The van der Waals surface area contributed by atoms with Crippen molar-refractivity contribution in [3.63, 3.8) is 0 Å². The Hall–Kier alpha value is -0.510. The van der Waals surface area contributed by atoms with Crippen LogP contribution in [0.4, 0.5) is 0 Å². The Morgan fingerprint density at radius 2 is 1.79 bits per heavy atom. The number of benzene rings is 1. The highest BCUT2D eigenvalue weighted by atomic mass is 32.2. The Labute approximate surface area is 123 Å². The molecule has 0 aliphatic heterocycles. The van der Waals surface area contributed by atoms with E-state index in [-0.39, 0.29) is 0 Å². The average Bonchev–Trinajstić information content (AvgIpc) is 2.38. The molecule has 0 aliphatic rings. The van der Waals surface area contributed by atoms with Crippen LogP contribution in [0, 0.1) is 5.92 Å². The van der Waals surface area contributed by atoms with Gasteiger partial charge in [0.25, 0.3) is 0 Å². The van der Waals surface area contributed by atoms with Crippen molar-refractivity contribution in [3.8, 4) is 0 Å². The first-order chi connectivity index (χ1) is 9.06. The highest BCUT2D eigenvalue weighted by Gasteiger charge is 2.24. The summed E-state index contributed by atoms with van der Waals surface area (Å²) in [7, 11) is 6.34. The molecule has 108 valence electrons. The van der Waals surface area contributed by atoms with Gasteiger partial charge in [0.15, 0.2) is 0 Å². The first kappa shape index (κ1) is 16.5. The molecule has 0 amide bonds. The van der Waals surface area contributed by atoms with E-state index in [2.05, 4.69) is 87.3 Å². The molecule has 19 heavy (non-hydrogen) atoms. The summed E-state index contributed by atoms with van der Waals surface area (Å²) in [6, 6.07) is 11.2. The third-order valence-electron chi connectivity index (χ3n) is 3.30. The molecule has 2 nitrogen and oxygen atoms in total. The average molecular weight is 280 g/mol. The fourth-order valence-electron chi connectivity index (χ4n) is 2.23. The summed E-state index contributed by atoms with van der Waals surface area (Å²) in [6.45, 7) is 5.78. The van der Waals surface area contributed by atoms with Gasteiger partial charge in [-0.3, -0.25) is 0 Å². The van der Waals surface area contributed by atoms with Crippen LogP contribution in [-0.4, -0.2) is 43.6 Å². The van der Waals surface area contributed by atoms with Gasteiger partial charge in [0.2, 0.25) is 0 Å². The highest BCUT2D eigenvalue weighted by molar-refractivity contribution is 8.00. The molecule has 0 saturated carbocycles. The van der Waals surface area contributed by atoms with Crippen molar-refractivity contribution in [1.29, 1.82) is 0 Å². The van der Waals surface area contributed by atoms with Crippen LogP contribution in [0.5, 0.6) is 0 Å². The SMILES string of the molecule is CNC(c1ccccc1)C(SCCN(C)C)C(C)C. The molecule has 0 radical (unpaired) electrons. The van der Waals surface area contributed by atoms with Crippen molar-refractivity contribution in [2.24, 2.45) is 5.92 Å². The van der Waals surface area contributed by atoms with Gasteiger partial charge in [0.1, 0.15) is 0 Å². The monoisotopic (exact) mass is 280 g/mol. The minimum Gasteiger partial charge on any atom is -0.312 e. The predicted octanol–water partition coefficient (Wildman–Crippen LogP) is 3.27. The van der Waals surface area contributed by atoms with Gasteiger partial charge < -0.3 is 10.2 Å². The Morgan fingerprint density at radius 3 is 2.26 bits per heavy atom. The molecule has 0 aliphatic carbocycles. The van der Waals surface area contributed by atoms with E-state index in [9.17, 15) is 0 Å². The quantitative estimate of drug-likeness (QED) is 0.787. The van der Waals surface area contributed by atoms with Crippen LogP contribution in [-0.2, 0) is 0 Å². The second-order valence-corrected chi connectivity index (χ2v) is 6.85. The smallest absolute Gasteiger partial charge is 0.0440 e. The zero-order valence-electron chi connectivity index (χ0n) is 12.9. The lowest BCUT2D eigenvalue weighted by Crippen LogP contribution is -2.32. The predicted molar refractivity (Wildman–Crippen MR) is 87.9 cm³/mol. The fourth-order valence-corrected chi connectivity index (χ4v) is 3.84.